The van der Waals surface area contributed by atoms with Crippen LogP contribution in [-0.2, 0) is 4.79 Å². The summed E-state index contributed by atoms with van der Waals surface area (Å²) >= 11 is 7.02. The van der Waals surface area contributed by atoms with E-state index in [0.717, 1.165) is 22.4 Å². The Morgan fingerprint density at radius 2 is 1.85 bits per heavy atom. The summed E-state index contributed by atoms with van der Waals surface area (Å²) in [6.45, 7) is 4.06. The molecule has 0 atom stereocenters. The number of aryl methyl sites for hydroxylation is 2. The van der Waals surface area contributed by atoms with Crippen molar-refractivity contribution < 1.29 is 9.72 Å². The number of nitrogens with one attached hydrogen (secondary N) is 1. The van der Waals surface area contributed by atoms with Crippen LogP contribution >= 0.6 is 23.4 Å². The highest BCUT2D eigenvalue weighted by molar-refractivity contribution is 7.99. The molecule has 9 nitrogen and oxygen atoms in total. The van der Waals surface area contributed by atoms with Crippen molar-refractivity contribution in [3.05, 3.63) is 87.2 Å². The fourth-order valence-corrected chi connectivity index (χ4v) is 4.14. The standard InChI is InChI=1S/C23H19ClN6O3S/c1-14-3-5-18(11-15(14)2)29-22(16-7-9-25-10-8-16)27-28-23(29)34-13-21(31)26-19-6-4-17(24)12-20(19)30(32)33/h3-12H,13H2,1-2H3,(H,26,31). The molecule has 2 aromatic carbocycles. The molecule has 11 heteroatoms. The van der Waals surface area contributed by atoms with Gasteiger partial charge in [0.15, 0.2) is 11.0 Å². The minimum absolute atomic E-state index is 0.0287. The van der Waals surface area contributed by atoms with Crippen LogP contribution in [0.2, 0.25) is 5.02 Å². The summed E-state index contributed by atoms with van der Waals surface area (Å²) in [4.78, 5) is 27.4. The highest BCUT2D eigenvalue weighted by Gasteiger charge is 2.20. The van der Waals surface area contributed by atoms with Crippen LogP contribution in [0, 0.1) is 24.0 Å². The molecule has 0 aliphatic rings. The van der Waals surface area contributed by atoms with Gasteiger partial charge in [0.25, 0.3) is 5.69 Å². The van der Waals surface area contributed by atoms with Crippen LogP contribution in [0.15, 0.2) is 66.1 Å². The van der Waals surface area contributed by atoms with Gasteiger partial charge < -0.3 is 5.32 Å². The van der Waals surface area contributed by atoms with Crippen molar-refractivity contribution in [2.75, 3.05) is 11.1 Å². The van der Waals surface area contributed by atoms with Crippen LogP contribution in [0.4, 0.5) is 11.4 Å². The van der Waals surface area contributed by atoms with Gasteiger partial charge in [-0.25, -0.2) is 0 Å². The van der Waals surface area contributed by atoms with Crippen molar-refractivity contribution in [2.45, 2.75) is 19.0 Å². The number of rotatable bonds is 7. The molecule has 34 heavy (non-hydrogen) atoms. The molecule has 4 aromatic rings. The maximum atomic E-state index is 12.6. The molecule has 4 rings (SSSR count). The lowest BCUT2D eigenvalue weighted by molar-refractivity contribution is -0.383. The summed E-state index contributed by atoms with van der Waals surface area (Å²) in [5.41, 5.74) is 3.75. The normalized spacial score (nSPS) is 10.8. The largest absolute Gasteiger partial charge is 0.320 e. The van der Waals surface area contributed by atoms with Crippen LogP contribution < -0.4 is 5.32 Å². The molecular weight excluding hydrogens is 476 g/mol. The van der Waals surface area contributed by atoms with Crippen molar-refractivity contribution in [3.8, 4) is 17.1 Å². The number of carbonyl (C=O) groups is 1. The fourth-order valence-electron chi connectivity index (χ4n) is 3.23. The number of hydrogen-bond donors (Lipinski definition) is 1. The molecular formula is C23H19ClN6O3S. The molecule has 2 heterocycles. The van der Waals surface area contributed by atoms with E-state index in [1.807, 2.05) is 48.7 Å². The summed E-state index contributed by atoms with van der Waals surface area (Å²) in [6.07, 6.45) is 3.35. The van der Waals surface area contributed by atoms with Crippen LogP contribution in [0.5, 0.6) is 0 Å². The minimum atomic E-state index is -0.591. The molecule has 2 aromatic heterocycles. The highest BCUT2D eigenvalue weighted by Crippen LogP contribution is 2.30. The summed E-state index contributed by atoms with van der Waals surface area (Å²) in [5.74, 6) is 0.163. The second-order valence-electron chi connectivity index (χ2n) is 7.40. The van der Waals surface area contributed by atoms with Crippen LogP contribution in [0.1, 0.15) is 11.1 Å². The molecule has 0 aliphatic carbocycles. The Bertz CT molecular complexity index is 1380. The van der Waals surface area contributed by atoms with E-state index in [9.17, 15) is 14.9 Å². The first-order chi connectivity index (χ1) is 16.3. The Kier molecular flexibility index (Phi) is 6.90. The van der Waals surface area contributed by atoms with Crippen molar-refractivity contribution in [2.24, 2.45) is 0 Å². The predicted octanol–water partition coefficient (Wildman–Crippen LogP) is 5.24. The molecule has 0 unspecified atom stereocenters. The van der Waals surface area contributed by atoms with Gasteiger partial charge in [0, 0.05) is 29.0 Å². The van der Waals surface area contributed by atoms with Crippen LogP contribution in [0.3, 0.4) is 0 Å². The van der Waals surface area contributed by atoms with Gasteiger partial charge in [-0.3, -0.25) is 24.5 Å². The van der Waals surface area contributed by atoms with Crippen molar-refractivity contribution in [1.82, 2.24) is 19.7 Å². The fraction of sp³-hybridized carbons (Fsp3) is 0.130. The average molecular weight is 495 g/mol. The molecule has 0 aliphatic heterocycles. The Labute approximate surface area is 204 Å². The number of hydrogen-bond acceptors (Lipinski definition) is 7. The first-order valence-electron chi connectivity index (χ1n) is 10.1. The van der Waals surface area contributed by atoms with Gasteiger partial charge >= 0.3 is 0 Å². The number of amides is 1. The molecule has 0 saturated carbocycles. The van der Waals surface area contributed by atoms with Gasteiger partial charge in [0.05, 0.1) is 16.4 Å². The Hall–Kier alpha value is -3.76. The summed E-state index contributed by atoms with van der Waals surface area (Å²) in [5, 5.41) is 23.2. The zero-order valence-electron chi connectivity index (χ0n) is 18.2. The summed E-state index contributed by atoms with van der Waals surface area (Å²) < 4.78 is 1.88. The van der Waals surface area contributed by atoms with Gasteiger partial charge in [0.2, 0.25) is 5.91 Å². The van der Waals surface area contributed by atoms with E-state index in [-0.39, 0.29) is 22.2 Å². The number of nitrogens with zero attached hydrogens (tertiary/aromatic N) is 5. The number of halogens is 1. The van der Waals surface area contributed by atoms with Crippen LogP contribution in [-0.4, -0.2) is 36.3 Å². The quantitative estimate of drug-likeness (QED) is 0.212. The molecule has 0 spiro atoms. The Morgan fingerprint density at radius 3 is 2.56 bits per heavy atom. The second-order valence-corrected chi connectivity index (χ2v) is 8.78. The lowest BCUT2D eigenvalue weighted by atomic mass is 10.1. The molecule has 0 bridgehead atoms. The van der Waals surface area contributed by atoms with E-state index in [1.54, 1.807) is 12.4 Å². The summed E-state index contributed by atoms with van der Waals surface area (Å²) in [6, 6.07) is 13.8. The predicted molar refractivity (Wildman–Crippen MR) is 132 cm³/mol. The maximum Gasteiger partial charge on any atom is 0.294 e. The van der Waals surface area contributed by atoms with Gasteiger partial charge in [0.1, 0.15) is 5.69 Å². The molecule has 1 amide bonds. The van der Waals surface area contributed by atoms with Crippen molar-refractivity contribution in [1.29, 1.82) is 0 Å². The van der Waals surface area contributed by atoms with Gasteiger partial charge in [-0.15, -0.1) is 10.2 Å². The molecule has 172 valence electrons. The monoisotopic (exact) mass is 494 g/mol. The maximum absolute atomic E-state index is 12.6. The Balaban J connectivity index is 1.61. The minimum Gasteiger partial charge on any atom is -0.320 e. The second kappa shape index (κ2) is 10.0. The molecule has 0 fully saturated rings. The molecule has 1 N–H and O–H groups in total. The highest BCUT2D eigenvalue weighted by atomic mass is 35.5. The number of aromatic nitrogens is 4. The van der Waals surface area contributed by atoms with Crippen molar-refractivity contribution >= 4 is 40.6 Å². The zero-order chi connectivity index (χ0) is 24.2. The number of thioether (sulfide) groups is 1. The van der Waals surface area contributed by atoms with E-state index < -0.39 is 10.8 Å². The number of nitro groups is 1. The Morgan fingerprint density at radius 1 is 1.09 bits per heavy atom. The number of carbonyl (C=O) groups excluding carboxylic acids is 1. The van der Waals surface area contributed by atoms with Gasteiger partial charge in [-0.05, 0) is 61.4 Å². The third kappa shape index (κ3) is 5.08. The van der Waals surface area contributed by atoms with E-state index in [1.165, 1.54) is 30.0 Å². The first-order valence-corrected chi connectivity index (χ1v) is 11.5. The van der Waals surface area contributed by atoms with E-state index in [2.05, 4.69) is 20.5 Å². The first kappa shape index (κ1) is 23.4. The van der Waals surface area contributed by atoms with Gasteiger partial charge in [-0.1, -0.05) is 29.4 Å². The van der Waals surface area contributed by atoms with E-state index in [4.69, 9.17) is 11.6 Å². The smallest absolute Gasteiger partial charge is 0.294 e. The van der Waals surface area contributed by atoms with E-state index >= 15 is 0 Å². The zero-order valence-corrected chi connectivity index (χ0v) is 19.8. The summed E-state index contributed by atoms with van der Waals surface area (Å²) in [7, 11) is 0. The van der Waals surface area contributed by atoms with E-state index in [0.29, 0.717) is 11.0 Å². The lowest BCUT2D eigenvalue weighted by Gasteiger charge is -2.12. The molecule has 0 radical (unpaired) electrons. The number of anilines is 1. The molecule has 0 saturated heterocycles. The lowest BCUT2D eigenvalue weighted by Crippen LogP contribution is -2.15. The SMILES string of the molecule is Cc1ccc(-n2c(SCC(=O)Nc3ccc(Cl)cc3[N+](=O)[O-])nnc2-c2ccncc2)cc1C. The van der Waals surface area contributed by atoms with Crippen molar-refractivity contribution in [3.63, 3.8) is 0 Å². The number of pyridine rings is 1. The topological polar surface area (TPSA) is 116 Å². The van der Waals surface area contributed by atoms with Gasteiger partial charge in [-0.2, -0.15) is 0 Å². The van der Waals surface area contributed by atoms with Crippen LogP contribution in [0.25, 0.3) is 17.1 Å². The average Bonchev–Trinajstić information content (AvgIpc) is 3.25. The third-order valence-electron chi connectivity index (χ3n) is 5.08. The number of nitro benzene ring substituents is 1. The number of benzene rings is 2. The third-order valence-corrected chi connectivity index (χ3v) is 6.25.